The molecule has 2 aliphatic heterocycles. The van der Waals surface area contributed by atoms with Gasteiger partial charge < -0.3 is 9.80 Å². The van der Waals surface area contributed by atoms with E-state index in [9.17, 15) is 0 Å². The topological polar surface area (TPSA) is 9.72 Å². The molecule has 0 N–H and O–H groups in total. The Morgan fingerprint density at radius 2 is 1.30 bits per heavy atom. The summed E-state index contributed by atoms with van der Waals surface area (Å²) >= 11 is 0. The predicted molar refractivity (Wildman–Crippen MR) is 83.9 cm³/mol. The molecule has 2 aliphatic rings. The van der Waals surface area contributed by atoms with E-state index in [0.717, 1.165) is 0 Å². The van der Waals surface area contributed by atoms with E-state index < -0.39 is 0 Å². The lowest BCUT2D eigenvalue weighted by atomic mass is 9.79. The third-order valence-corrected chi connectivity index (χ3v) is 5.23. The van der Waals surface area contributed by atoms with Crippen LogP contribution in [-0.4, -0.2) is 68.1 Å². The Hall–Kier alpha value is -0.900. The van der Waals surface area contributed by atoms with E-state index in [2.05, 4.69) is 59.1 Å². The second kappa shape index (κ2) is 5.84. The lowest BCUT2D eigenvalue weighted by Crippen LogP contribution is -2.58. The molecule has 110 valence electrons. The molecular weight excluding hydrogens is 246 g/mol. The van der Waals surface area contributed by atoms with Crippen molar-refractivity contribution in [1.29, 1.82) is 0 Å². The molecule has 2 saturated heterocycles. The van der Waals surface area contributed by atoms with Crippen molar-refractivity contribution in [1.82, 2.24) is 14.7 Å². The Labute approximate surface area is 123 Å². The Bertz CT molecular complexity index is 415. The highest BCUT2D eigenvalue weighted by Gasteiger charge is 2.41. The summed E-state index contributed by atoms with van der Waals surface area (Å²) in [6.45, 7) is 7.22. The SMILES string of the molecule is CN1CCN(C2(c3ccccc3)CCN(C)CC2)CC1. The fraction of sp³-hybridized carbons (Fsp3) is 0.647. The molecule has 3 nitrogen and oxygen atoms in total. The summed E-state index contributed by atoms with van der Waals surface area (Å²) in [5.74, 6) is 0. The summed E-state index contributed by atoms with van der Waals surface area (Å²) in [6.07, 6.45) is 2.52. The number of nitrogens with zero attached hydrogens (tertiary/aromatic N) is 3. The van der Waals surface area contributed by atoms with Crippen molar-refractivity contribution in [3.05, 3.63) is 35.9 Å². The van der Waals surface area contributed by atoms with Gasteiger partial charge in [0.25, 0.3) is 0 Å². The maximum absolute atomic E-state index is 2.76. The van der Waals surface area contributed by atoms with Gasteiger partial charge in [0.2, 0.25) is 0 Å². The quantitative estimate of drug-likeness (QED) is 0.814. The highest BCUT2D eigenvalue weighted by atomic mass is 15.3. The molecule has 20 heavy (non-hydrogen) atoms. The molecule has 3 rings (SSSR count). The third-order valence-electron chi connectivity index (χ3n) is 5.23. The fourth-order valence-corrected chi connectivity index (χ4v) is 3.76. The van der Waals surface area contributed by atoms with E-state index >= 15 is 0 Å². The first-order valence-corrected chi connectivity index (χ1v) is 7.88. The molecule has 2 heterocycles. The van der Waals surface area contributed by atoms with Crippen LogP contribution in [0.3, 0.4) is 0 Å². The Kier molecular flexibility index (Phi) is 4.11. The zero-order valence-corrected chi connectivity index (χ0v) is 12.9. The monoisotopic (exact) mass is 273 g/mol. The maximum Gasteiger partial charge on any atom is 0.0486 e. The first kappa shape index (κ1) is 14.1. The second-order valence-corrected chi connectivity index (χ2v) is 6.49. The van der Waals surface area contributed by atoms with E-state index in [-0.39, 0.29) is 5.54 Å². The van der Waals surface area contributed by atoms with Crippen molar-refractivity contribution in [3.63, 3.8) is 0 Å². The Morgan fingerprint density at radius 1 is 0.750 bits per heavy atom. The van der Waals surface area contributed by atoms with Crippen LogP contribution in [0.5, 0.6) is 0 Å². The molecule has 0 atom stereocenters. The van der Waals surface area contributed by atoms with Crippen LogP contribution in [0.2, 0.25) is 0 Å². The van der Waals surface area contributed by atoms with Crippen LogP contribution in [0, 0.1) is 0 Å². The van der Waals surface area contributed by atoms with E-state index in [0.29, 0.717) is 0 Å². The van der Waals surface area contributed by atoms with Crippen LogP contribution >= 0.6 is 0 Å². The van der Waals surface area contributed by atoms with Gasteiger partial charge in [-0.05, 0) is 45.6 Å². The van der Waals surface area contributed by atoms with E-state index in [1.165, 1.54) is 57.7 Å². The number of hydrogen-bond donors (Lipinski definition) is 0. The van der Waals surface area contributed by atoms with Crippen molar-refractivity contribution >= 4 is 0 Å². The van der Waals surface area contributed by atoms with Gasteiger partial charge in [-0.2, -0.15) is 0 Å². The van der Waals surface area contributed by atoms with Crippen LogP contribution in [0.15, 0.2) is 30.3 Å². The average molecular weight is 273 g/mol. The van der Waals surface area contributed by atoms with Gasteiger partial charge in [-0.1, -0.05) is 30.3 Å². The molecule has 0 radical (unpaired) electrons. The van der Waals surface area contributed by atoms with Gasteiger partial charge in [-0.25, -0.2) is 0 Å². The van der Waals surface area contributed by atoms with Crippen LogP contribution in [-0.2, 0) is 5.54 Å². The highest BCUT2D eigenvalue weighted by molar-refractivity contribution is 5.26. The van der Waals surface area contributed by atoms with Crippen LogP contribution in [0.1, 0.15) is 18.4 Å². The van der Waals surface area contributed by atoms with Crippen molar-refractivity contribution in [3.8, 4) is 0 Å². The highest BCUT2D eigenvalue weighted by Crippen LogP contribution is 2.39. The summed E-state index contributed by atoms with van der Waals surface area (Å²) in [5, 5.41) is 0. The minimum absolute atomic E-state index is 0.273. The van der Waals surface area contributed by atoms with Gasteiger partial charge in [0, 0.05) is 31.7 Å². The average Bonchev–Trinajstić information content (AvgIpc) is 2.50. The molecule has 0 aromatic heterocycles. The molecule has 0 bridgehead atoms. The summed E-state index contributed by atoms with van der Waals surface area (Å²) in [6, 6.07) is 11.2. The van der Waals surface area contributed by atoms with E-state index in [1.54, 1.807) is 0 Å². The zero-order valence-electron chi connectivity index (χ0n) is 12.9. The summed E-state index contributed by atoms with van der Waals surface area (Å²) in [4.78, 5) is 7.68. The number of benzene rings is 1. The van der Waals surface area contributed by atoms with Crippen LogP contribution in [0.25, 0.3) is 0 Å². The summed E-state index contributed by atoms with van der Waals surface area (Å²) < 4.78 is 0. The Balaban J connectivity index is 1.88. The molecule has 2 fully saturated rings. The lowest BCUT2D eigenvalue weighted by Gasteiger charge is -2.51. The predicted octanol–water partition coefficient (Wildman–Crippen LogP) is 1.85. The first-order valence-electron chi connectivity index (χ1n) is 7.88. The molecule has 1 aromatic carbocycles. The smallest absolute Gasteiger partial charge is 0.0486 e. The van der Waals surface area contributed by atoms with Crippen LogP contribution in [0.4, 0.5) is 0 Å². The fourth-order valence-electron chi connectivity index (χ4n) is 3.76. The molecule has 0 amide bonds. The first-order chi connectivity index (χ1) is 9.71. The second-order valence-electron chi connectivity index (χ2n) is 6.49. The van der Waals surface area contributed by atoms with Crippen LogP contribution < -0.4 is 0 Å². The molecule has 3 heteroatoms. The summed E-state index contributed by atoms with van der Waals surface area (Å²) in [5.41, 5.74) is 1.80. The molecule has 0 saturated carbocycles. The van der Waals surface area contributed by atoms with Gasteiger partial charge in [-0.15, -0.1) is 0 Å². The third kappa shape index (κ3) is 2.62. The van der Waals surface area contributed by atoms with Crippen molar-refractivity contribution in [2.75, 3.05) is 53.4 Å². The molecule has 0 unspecified atom stereocenters. The van der Waals surface area contributed by atoms with Gasteiger partial charge in [-0.3, -0.25) is 4.90 Å². The van der Waals surface area contributed by atoms with E-state index in [4.69, 9.17) is 0 Å². The number of likely N-dealkylation sites (tertiary alicyclic amines) is 1. The number of piperazine rings is 1. The minimum Gasteiger partial charge on any atom is -0.306 e. The van der Waals surface area contributed by atoms with Crippen molar-refractivity contribution in [2.24, 2.45) is 0 Å². The normalized spacial score (nSPS) is 25.7. The molecule has 0 aliphatic carbocycles. The summed E-state index contributed by atoms with van der Waals surface area (Å²) in [7, 11) is 4.49. The Morgan fingerprint density at radius 3 is 1.90 bits per heavy atom. The number of piperidine rings is 1. The van der Waals surface area contributed by atoms with Gasteiger partial charge in [0.05, 0.1) is 0 Å². The maximum atomic E-state index is 2.76. The molecule has 1 aromatic rings. The molecule has 0 spiro atoms. The van der Waals surface area contributed by atoms with E-state index in [1.807, 2.05) is 0 Å². The zero-order chi connectivity index (χ0) is 14.0. The number of rotatable bonds is 2. The molecular formula is C17H27N3. The number of likely N-dealkylation sites (N-methyl/N-ethyl adjacent to an activating group) is 1. The lowest BCUT2D eigenvalue weighted by molar-refractivity contribution is -0.00529. The van der Waals surface area contributed by atoms with Gasteiger partial charge in [0.15, 0.2) is 0 Å². The van der Waals surface area contributed by atoms with Gasteiger partial charge >= 0.3 is 0 Å². The van der Waals surface area contributed by atoms with Crippen molar-refractivity contribution in [2.45, 2.75) is 18.4 Å². The largest absolute Gasteiger partial charge is 0.306 e. The van der Waals surface area contributed by atoms with Crippen molar-refractivity contribution < 1.29 is 0 Å². The number of hydrogen-bond acceptors (Lipinski definition) is 3. The standard InChI is InChI=1S/C17H27N3/c1-18-10-8-17(9-11-18,16-6-4-3-5-7-16)20-14-12-19(2)13-15-20/h3-7H,8-15H2,1-2H3. The van der Waals surface area contributed by atoms with Gasteiger partial charge in [0.1, 0.15) is 0 Å². The minimum atomic E-state index is 0.273.